The van der Waals surface area contributed by atoms with Gasteiger partial charge in [-0.15, -0.1) is 0 Å². The molecule has 0 aromatic heterocycles. The molecule has 0 bridgehead atoms. The van der Waals surface area contributed by atoms with Gasteiger partial charge in [0.25, 0.3) is 0 Å². The zero-order chi connectivity index (χ0) is 20.4. The smallest absolute Gasteiger partial charge is 0.330 e. The average molecular weight is 391 g/mol. The summed E-state index contributed by atoms with van der Waals surface area (Å²) < 4.78 is 30.6. The monoisotopic (exact) mass is 390 g/mol. The predicted molar refractivity (Wildman–Crippen MR) is 110 cm³/mol. The van der Waals surface area contributed by atoms with Crippen molar-refractivity contribution < 1.29 is 17.9 Å². The number of hydrogen-bond donors (Lipinski definition) is 0. The van der Waals surface area contributed by atoms with Crippen LogP contribution in [0.4, 0.5) is 0 Å². The van der Waals surface area contributed by atoms with Crippen LogP contribution in [0.25, 0.3) is 0 Å². The van der Waals surface area contributed by atoms with Crippen molar-refractivity contribution >= 4 is 15.8 Å². The Labute approximate surface area is 163 Å². The molecule has 5 heteroatoms. The lowest BCUT2D eigenvalue weighted by Crippen LogP contribution is -2.20. The van der Waals surface area contributed by atoms with Crippen LogP contribution >= 0.6 is 0 Å². The highest BCUT2D eigenvalue weighted by atomic mass is 32.2. The van der Waals surface area contributed by atoms with Crippen LogP contribution < -0.4 is 0 Å². The molecule has 0 fully saturated rings. The van der Waals surface area contributed by atoms with Crippen LogP contribution in [0.2, 0.25) is 0 Å². The second-order valence-electron chi connectivity index (χ2n) is 6.95. The van der Waals surface area contributed by atoms with Crippen molar-refractivity contribution in [2.24, 2.45) is 0 Å². The van der Waals surface area contributed by atoms with E-state index in [1.807, 2.05) is 45.9 Å². The summed E-state index contributed by atoms with van der Waals surface area (Å²) in [7, 11) is -2.09. The molecule has 0 spiro atoms. The molecule has 0 saturated heterocycles. The molecule has 1 atom stereocenters. The largest absolute Gasteiger partial charge is 0.466 e. The Hall–Kier alpha value is -2.14. The fourth-order valence-electron chi connectivity index (χ4n) is 2.69. The van der Waals surface area contributed by atoms with Gasteiger partial charge in [0, 0.05) is 6.08 Å². The maximum atomic E-state index is 13.0. The van der Waals surface area contributed by atoms with E-state index in [4.69, 9.17) is 0 Å². The van der Waals surface area contributed by atoms with Crippen molar-refractivity contribution in [2.75, 3.05) is 7.11 Å². The number of carbonyl (C=O) groups is 1. The minimum Gasteiger partial charge on any atom is -0.466 e. The molecule has 1 aromatic carbocycles. The molecule has 0 aliphatic rings. The second kappa shape index (κ2) is 10.9. The lowest BCUT2D eigenvalue weighted by Gasteiger charge is -2.16. The Morgan fingerprint density at radius 3 is 2.26 bits per heavy atom. The summed E-state index contributed by atoms with van der Waals surface area (Å²) >= 11 is 0. The zero-order valence-electron chi connectivity index (χ0n) is 16.9. The number of hydrogen-bond acceptors (Lipinski definition) is 4. The molecule has 4 nitrogen and oxygen atoms in total. The number of methoxy groups -OCH3 is 1. The molecule has 148 valence electrons. The summed E-state index contributed by atoms with van der Waals surface area (Å²) in [6, 6.07) is 8.57. The molecule has 27 heavy (non-hydrogen) atoms. The molecule has 0 amide bonds. The minimum atomic E-state index is -3.44. The first kappa shape index (κ1) is 22.9. The van der Waals surface area contributed by atoms with Gasteiger partial charge in [0.15, 0.2) is 9.84 Å². The van der Waals surface area contributed by atoms with Gasteiger partial charge in [-0.1, -0.05) is 47.1 Å². The van der Waals surface area contributed by atoms with Crippen molar-refractivity contribution in [3.63, 3.8) is 0 Å². The highest BCUT2D eigenvalue weighted by Crippen LogP contribution is 2.24. The molecule has 0 aliphatic heterocycles. The number of esters is 1. The van der Waals surface area contributed by atoms with Crippen LogP contribution in [0, 0.1) is 0 Å². The Morgan fingerprint density at radius 1 is 1.07 bits per heavy atom. The standard InChI is InChI=1S/C22H30O4S/c1-17(2)14-21(27(24,25)20-12-7-6-8-13-20)15-18(3)10-9-11-19(4)16-22(23)26-5/h6-8,10,12-14,16,21H,9,11,15H2,1-5H3. The molecule has 1 unspecified atom stereocenters. The van der Waals surface area contributed by atoms with E-state index in [0.717, 1.165) is 29.6 Å². The van der Waals surface area contributed by atoms with Crippen LogP contribution in [0.1, 0.15) is 47.0 Å². The lowest BCUT2D eigenvalue weighted by atomic mass is 10.1. The zero-order valence-corrected chi connectivity index (χ0v) is 17.7. The molecule has 0 N–H and O–H groups in total. The first-order valence-electron chi connectivity index (χ1n) is 9.01. The van der Waals surface area contributed by atoms with Crippen molar-refractivity contribution in [3.8, 4) is 0 Å². The number of allylic oxidation sites excluding steroid dienone is 4. The number of sulfone groups is 1. The van der Waals surface area contributed by atoms with Gasteiger partial charge in [-0.25, -0.2) is 13.2 Å². The minimum absolute atomic E-state index is 0.345. The van der Waals surface area contributed by atoms with Gasteiger partial charge < -0.3 is 4.74 Å². The summed E-state index contributed by atoms with van der Waals surface area (Å²) in [5.41, 5.74) is 2.93. The van der Waals surface area contributed by atoms with E-state index in [1.54, 1.807) is 24.3 Å². The first-order valence-corrected chi connectivity index (χ1v) is 10.6. The quantitative estimate of drug-likeness (QED) is 0.337. The van der Waals surface area contributed by atoms with E-state index in [2.05, 4.69) is 4.74 Å². The van der Waals surface area contributed by atoms with Crippen molar-refractivity contribution in [3.05, 3.63) is 65.3 Å². The Kier molecular flexibility index (Phi) is 9.22. The van der Waals surface area contributed by atoms with Crippen LogP contribution in [0.5, 0.6) is 0 Å². The van der Waals surface area contributed by atoms with Crippen molar-refractivity contribution in [2.45, 2.75) is 57.1 Å². The third kappa shape index (κ3) is 7.95. The third-order valence-corrected chi connectivity index (χ3v) is 6.14. The summed E-state index contributed by atoms with van der Waals surface area (Å²) in [5, 5.41) is -0.590. The summed E-state index contributed by atoms with van der Waals surface area (Å²) in [5.74, 6) is -0.356. The number of benzene rings is 1. The maximum absolute atomic E-state index is 13.0. The maximum Gasteiger partial charge on any atom is 0.330 e. The SMILES string of the molecule is COC(=O)C=C(C)CCC=C(C)CC(C=C(C)C)S(=O)(=O)c1ccccc1. The lowest BCUT2D eigenvalue weighted by molar-refractivity contribution is -0.134. The van der Waals surface area contributed by atoms with Gasteiger partial charge in [-0.3, -0.25) is 0 Å². The van der Waals surface area contributed by atoms with Gasteiger partial charge in [-0.05, 0) is 59.1 Å². The third-order valence-electron chi connectivity index (χ3n) is 4.11. The topological polar surface area (TPSA) is 60.4 Å². The van der Waals surface area contributed by atoms with Crippen LogP contribution in [-0.2, 0) is 19.4 Å². The van der Waals surface area contributed by atoms with Crippen molar-refractivity contribution in [1.29, 1.82) is 0 Å². The van der Waals surface area contributed by atoms with E-state index >= 15 is 0 Å². The number of carbonyl (C=O) groups excluding carboxylic acids is 1. The van der Waals surface area contributed by atoms with E-state index < -0.39 is 15.1 Å². The highest BCUT2D eigenvalue weighted by molar-refractivity contribution is 7.92. The highest BCUT2D eigenvalue weighted by Gasteiger charge is 2.25. The van der Waals surface area contributed by atoms with Crippen LogP contribution in [-0.4, -0.2) is 26.7 Å². The number of rotatable bonds is 9. The first-order chi connectivity index (χ1) is 12.7. The normalized spacial score (nSPS) is 13.8. The molecular weight excluding hydrogens is 360 g/mol. The van der Waals surface area contributed by atoms with E-state index in [0.29, 0.717) is 11.3 Å². The molecular formula is C22H30O4S. The van der Waals surface area contributed by atoms with Gasteiger partial charge in [0.05, 0.1) is 17.3 Å². The Bertz CT molecular complexity index is 811. The molecule has 0 radical (unpaired) electrons. The average Bonchev–Trinajstić information content (AvgIpc) is 2.61. The van der Waals surface area contributed by atoms with Gasteiger partial charge in [0.2, 0.25) is 0 Å². The fourth-order valence-corrected chi connectivity index (χ4v) is 4.51. The van der Waals surface area contributed by atoms with Crippen molar-refractivity contribution in [1.82, 2.24) is 0 Å². The predicted octanol–water partition coefficient (Wildman–Crippen LogP) is 5.03. The number of ether oxygens (including phenoxy) is 1. The Balaban J connectivity index is 2.90. The van der Waals surface area contributed by atoms with Gasteiger partial charge >= 0.3 is 5.97 Å². The van der Waals surface area contributed by atoms with Gasteiger partial charge in [-0.2, -0.15) is 0 Å². The summed E-state index contributed by atoms with van der Waals surface area (Å²) in [4.78, 5) is 11.6. The summed E-state index contributed by atoms with van der Waals surface area (Å²) in [6.45, 7) is 7.65. The van der Waals surface area contributed by atoms with E-state index in [1.165, 1.54) is 13.2 Å². The van der Waals surface area contributed by atoms with E-state index in [-0.39, 0.29) is 5.97 Å². The van der Waals surface area contributed by atoms with E-state index in [9.17, 15) is 13.2 Å². The molecule has 1 aromatic rings. The molecule has 0 saturated carbocycles. The molecule has 1 rings (SSSR count). The molecule has 0 aliphatic carbocycles. The van der Waals surface area contributed by atoms with Crippen LogP contribution in [0.15, 0.2) is 70.2 Å². The van der Waals surface area contributed by atoms with Crippen LogP contribution in [0.3, 0.4) is 0 Å². The fraction of sp³-hybridized carbons (Fsp3) is 0.409. The Morgan fingerprint density at radius 2 is 1.70 bits per heavy atom. The second-order valence-corrected chi connectivity index (χ2v) is 9.11. The molecule has 0 heterocycles. The van der Waals surface area contributed by atoms with Gasteiger partial charge in [0.1, 0.15) is 0 Å². The summed E-state index contributed by atoms with van der Waals surface area (Å²) in [6.07, 6.45) is 7.27.